The molecule has 0 unspecified atom stereocenters. The second-order valence-corrected chi connectivity index (χ2v) is 6.47. The first-order valence-corrected chi connectivity index (χ1v) is 5.77. The third-order valence-corrected chi connectivity index (χ3v) is 2.23. The van der Waals surface area contributed by atoms with Crippen molar-refractivity contribution in [1.29, 1.82) is 0 Å². The van der Waals surface area contributed by atoms with Crippen molar-refractivity contribution in [1.82, 2.24) is 10.2 Å². The highest BCUT2D eigenvalue weighted by Gasteiger charge is 2.16. The molecule has 16 heavy (non-hydrogen) atoms. The van der Waals surface area contributed by atoms with Crippen LogP contribution in [0.4, 0.5) is 5.82 Å². The standard InChI is InChI=1S/C13H23N3/c1-12(2,3)9-14-11-8-7-10(15-16-11)13(4,5)6/h7-8H,9H2,1-6H3,(H,14,16). The Kier molecular flexibility index (Phi) is 3.56. The van der Waals surface area contributed by atoms with Gasteiger partial charge in [-0.15, -0.1) is 5.10 Å². The van der Waals surface area contributed by atoms with E-state index in [9.17, 15) is 0 Å². The maximum absolute atomic E-state index is 4.24. The smallest absolute Gasteiger partial charge is 0.148 e. The maximum atomic E-state index is 4.24. The van der Waals surface area contributed by atoms with E-state index in [0.717, 1.165) is 18.1 Å². The van der Waals surface area contributed by atoms with E-state index >= 15 is 0 Å². The van der Waals surface area contributed by atoms with Crippen LogP contribution in [-0.2, 0) is 5.41 Å². The molecule has 0 amide bonds. The topological polar surface area (TPSA) is 37.8 Å². The molecule has 3 nitrogen and oxygen atoms in total. The molecule has 1 N–H and O–H groups in total. The number of nitrogens with one attached hydrogen (secondary N) is 1. The lowest BCUT2D eigenvalue weighted by atomic mass is 9.92. The maximum Gasteiger partial charge on any atom is 0.148 e. The quantitative estimate of drug-likeness (QED) is 0.833. The summed E-state index contributed by atoms with van der Waals surface area (Å²) in [5, 5.41) is 11.7. The fourth-order valence-corrected chi connectivity index (χ4v) is 1.18. The highest BCUT2D eigenvalue weighted by Crippen LogP contribution is 2.20. The van der Waals surface area contributed by atoms with Crippen LogP contribution in [0.25, 0.3) is 0 Å². The van der Waals surface area contributed by atoms with Gasteiger partial charge in [-0.05, 0) is 17.5 Å². The normalized spacial score (nSPS) is 12.6. The number of rotatable bonds is 2. The van der Waals surface area contributed by atoms with Crippen LogP contribution in [0.5, 0.6) is 0 Å². The van der Waals surface area contributed by atoms with Crippen LogP contribution in [0.15, 0.2) is 12.1 Å². The lowest BCUT2D eigenvalue weighted by Crippen LogP contribution is -2.20. The zero-order valence-corrected chi connectivity index (χ0v) is 11.3. The lowest BCUT2D eigenvalue weighted by Gasteiger charge is -2.20. The van der Waals surface area contributed by atoms with Crippen LogP contribution in [0.3, 0.4) is 0 Å². The fraction of sp³-hybridized carbons (Fsp3) is 0.692. The Morgan fingerprint density at radius 3 is 2.00 bits per heavy atom. The van der Waals surface area contributed by atoms with Gasteiger partial charge in [0, 0.05) is 12.0 Å². The van der Waals surface area contributed by atoms with Crippen LogP contribution in [0, 0.1) is 5.41 Å². The van der Waals surface area contributed by atoms with Gasteiger partial charge in [-0.3, -0.25) is 0 Å². The van der Waals surface area contributed by atoms with Gasteiger partial charge >= 0.3 is 0 Å². The van der Waals surface area contributed by atoms with E-state index in [4.69, 9.17) is 0 Å². The van der Waals surface area contributed by atoms with Crippen molar-refractivity contribution in [2.75, 3.05) is 11.9 Å². The first-order valence-electron chi connectivity index (χ1n) is 5.77. The first-order chi connectivity index (χ1) is 7.18. The van der Waals surface area contributed by atoms with Crippen molar-refractivity contribution in [3.8, 4) is 0 Å². The summed E-state index contributed by atoms with van der Waals surface area (Å²) in [5.74, 6) is 0.850. The van der Waals surface area contributed by atoms with E-state index in [1.807, 2.05) is 12.1 Å². The Balaban J connectivity index is 2.66. The summed E-state index contributed by atoms with van der Waals surface area (Å²) in [6.45, 7) is 13.9. The number of nitrogens with zero attached hydrogens (tertiary/aromatic N) is 2. The summed E-state index contributed by atoms with van der Waals surface area (Å²) in [4.78, 5) is 0. The summed E-state index contributed by atoms with van der Waals surface area (Å²) < 4.78 is 0. The molecule has 0 aliphatic carbocycles. The van der Waals surface area contributed by atoms with E-state index in [0.29, 0.717) is 0 Å². The molecule has 0 aliphatic rings. The lowest BCUT2D eigenvalue weighted by molar-refractivity contribution is 0.442. The molecular weight excluding hydrogens is 198 g/mol. The zero-order chi connectivity index (χ0) is 12.4. The van der Waals surface area contributed by atoms with E-state index in [1.54, 1.807) is 0 Å². The Morgan fingerprint density at radius 2 is 1.62 bits per heavy atom. The molecule has 0 spiro atoms. The fourth-order valence-electron chi connectivity index (χ4n) is 1.18. The molecule has 1 heterocycles. The number of anilines is 1. The van der Waals surface area contributed by atoms with Crippen LogP contribution in [0.2, 0.25) is 0 Å². The summed E-state index contributed by atoms with van der Waals surface area (Å²) in [5.41, 5.74) is 1.34. The summed E-state index contributed by atoms with van der Waals surface area (Å²) in [6.07, 6.45) is 0. The van der Waals surface area contributed by atoms with Gasteiger partial charge in [0.25, 0.3) is 0 Å². The molecule has 0 bridgehead atoms. The third-order valence-electron chi connectivity index (χ3n) is 2.23. The Morgan fingerprint density at radius 1 is 1.00 bits per heavy atom. The first kappa shape index (κ1) is 12.9. The molecule has 1 aromatic heterocycles. The van der Waals surface area contributed by atoms with Crippen LogP contribution in [-0.4, -0.2) is 16.7 Å². The van der Waals surface area contributed by atoms with Gasteiger partial charge < -0.3 is 5.32 Å². The molecular formula is C13H23N3. The minimum absolute atomic E-state index is 0.0650. The molecule has 1 rings (SSSR count). The molecule has 0 aliphatic heterocycles. The predicted octanol–water partition coefficient (Wildman–Crippen LogP) is 3.23. The second-order valence-electron chi connectivity index (χ2n) is 6.47. The van der Waals surface area contributed by atoms with Crippen LogP contribution >= 0.6 is 0 Å². The highest BCUT2D eigenvalue weighted by atomic mass is 15.2. The second kappa shape index (κ2) is 4.40. The van der Waals surface area contributed by atoms with Crippen molar-refractivity contribution in [3.05, 3.63) is 17.8 Å². The van der Waals surface area contributed by atoms with Crippen LogP contribution < -0.4 is 5.32 Å². The van der Waals surface area contributed by atoms with E-state index in [2.05, 4.69) is 57.1 Å². The molecule has 0 saturated heterocycles. The third kappa shape index (κ3) is 4.17. The summed E-state index contributed by atoms with van der Waals surface area (Å²) in [6, 6.07) is 4.04. The van der Waals surface area contributed by atoms with Gasteiger partial charge in [-0.2, -0.15) is 5.10 Å². The number of aromatic nitrogens is 2. The molecule has 90 valence electrons. The molecule has 0 fully saturated rings. The van der Waals surface area contributed by atoms with Crippen molar-refractivity contribution >= 4 is 5.82 Å². The minimum atomic E-state index is 0.0650. The summed E-state index contributed by atoms with van der Waals surface area (Å²) >= 11 is 0. The number of hydrogen-bond acceptors (Lipinski definition) is 3. The largest absolute Gasteiger partial charge is 0.368 e. The minimum Gasteiger partial charge on any atom is -0.368 e. The van der Waals surface area contributed by atoms with E-state index < -0.39 is 0 Å². The average Bonchev–Trinajstić information content (AvgIpc) is 2.13. The van der Waals surface area contributed by atoms with Crippen molar-refractivity contribution in [3.63, 3.8) is 0 Å². The predicted molar refractivity (Wildman–Crippen MR) is 68.7 cm³/mol. The Labute approximate surface area is 98.7 Å². The van der Waals surface area contributed by atoms with Gasteiger partial charge in [0.05, 0.1) is 5.69 Å². The Bertz CT molecular complexity index is 328. The van der Waals surface area contributed by atoms with Crippen molar-refractivity contribution in [2.45, 2.75) is 47.0 Å². The average molecular weight is 221 g/mol. The van der Waals surface area contributed by atoms with E-state index in [-0.39, 0.29) is 10.8 Å². The van der Waals surface area contributed by atoms with E-state index in [1.165, 1.54) is 0 Å². The number of hydrogen-bond donors (Lipinski definition) is 1. The molecule has 0 saturated carbocycles. The van der Waals surface area contributed by atoms with Gasteiger partial charge in [0.2, 0.25) is 0 Å². The highest BCUT2D eigenvalue weighted by molar-refractivity contribution is 5.34. The van der Waals surface area contributed by atoms with Crippen molar-refractivity contribution in [2.24, 2.45) is 5.41 Å². The zero-order valence-electron chi connectivity index (χ0n) is 11.3. The van der Waals surface area contributed by atoms with Crippen molar-refractivity contribution < 1.29 is 0 Å². The Hall–Kier alpha value is -1.12. The SMILES string of the molecule is CC(C)(C)CNc1ccc(C(C)(C)C)nn1. The molecule has 0 atom stereocenters. The summed E-state index contributed by atoms with van der Waals surface area (Å²) in [7, 11) is 0. The molecule has 0 radical (unpaired) electrons. The van der Waals surface area contributed by atoms with Crippen LogP contribution in [0.1, 0.15) is 47.2 Å². The molecule has 3 heteroatoms. The van der Waals surface area contributed by atoms with Gasteiger partial charge in [-0.1, -0.05) is 41.5 Å². The van der Waals surface area contributed by atoms with Gasteiger partial charge in [0.15, 0.2) is 0 Å². The van der Waals surface area contributed by atoms with Gasteiger partial charge in [0.1, 0.15) is 5.82 Å². The molecule has 0 aromatic carbocycles. The van der Waals surface area contributed by atoms with Gasteiger partial charge in [-0.25, -0.2) is 0 Å². The molecule has 1 aromatic rings. The monoisotopic (exact) mass is 221 g/mol.